The second-order valence-corrected chi connectivity index (χ2v) is 9.24. The zero-order valence-corrected chi connectivity index (χ0v) is 15.2. The smallest absolute Gasteiger partial charge is 0.256 e. The molecule has 21 heavy (non-hydrogen) atoms. The maximum atomic E-state index is 11.7. The lowest BCUT2D eigenvalue weighted by Crippen LogP contribution is -2.23. The van der Waals surface area contributed by atoms with Crippen molar-refractivity contribution in [3.05, 3.63) is 35.4 Å². The molecule has 0 aliphatic heterocycles. The summed E-state index contributed by atoms with van der Waals surface area (Å²) < 4.78 is 3.99. The molecular formula is C12H8Cl4N2OS2. The number of alkyl halides is 3. The summed E-state index contributed by atoms with van der Waals surface area (Å²) >= 11 is 25.0. The van der Waals surface area contributed by atoms with Gasteiger partial charge in [-0.15, -0.1) is 0 Å². The molecule has 0 unspecified atom stereocenters. The molecule has 0 N–H and O–H groups in total. The molecule has 0 spiro atoms. The summed E-state index contributed by atoms with van der Waals surface area (Å²) in [6, 6.07) is 9.00. The van der Waals surface area contributed by atoms with E-state index in [1.807, 2.05) is 12.1 Å². The Bertz CT molecular complexity index is 639. The summed E-state index contributed by atoms with van der Waals surface area (Å²) in [6.07, 6.45) is 0. The van der Waals surface area contributed by atoms with Crippen LogP contribution in [0.25, 0.3) is 11.3 Å². The second-order valence-electron chi connectivity index (χ2n) is 3.91. The van der Waals surface area contributed by atoms with Crippen LogP contribution in [0, 0.1) is 0 Å². The molecule has 0 atom stereocenters. The van der Waals surface area contributed by atoms with Gasteiger partial charge in [0.05, 0.1) is 5.69 Å². The zero-order valence-electron chi connectivity index (χ0n) is 10.5. The van der Waals surface area contributed by atoms with E-state index in [1.165, 1.54) is 11.2 Å². The lowest BCUT2D eigenvalue weighted by atomic mass is 10.1. The number of carbonyl (C=O) groups is 1. The van der Waals surface area contributed by atoms with E-state index in [0.29, 0.717) is 10.0 Å². The molecule has 0 radical (unpaired) electrons. The number of hydrogen-bond acceptors (Lipinski definition) is 4. The Kier molecular flexibility index (Phi) is 5.68. The van der Waals surface area contributed by atoms with Gasteiger partial charge in [0.25, 0.3) is 3.12 Å². The molecule has 0 saturated carbocycles. The number of aromatic nitrogens is 1. The fraction of sp³-hybridized carbons (Fsp3) is 0.167. The predicted octanol–water partition coefficient (Wildman–Crippen LogP) is 5.79. The largest absolute Gasteiger partial charge is 0.274 e. The maximum absolute atomic E-state index is 11.7. The number of rotatable bonds is 3. The van der Waals surface area contributed by atoms with Crippen LogP contribution in [-0.2, 0) is 4.79 Å². The van der Waals surface area contributed by atoms with E-state index in [2.05, 4.69) is 4.37 Å². The van der Waals surface area contributed by atoms with Crippen LogP contribution in [0.2, 0.25) is 5.02 Å². The topological polar surface area (TPSA) is 33.2 Å². The summed E-state index contributed by atoms with van der Waals surface area (Å²) in [6.45, 7) is 1.39. The first-order chi connectivity index (χ1) is 9.76. The monoisotopic (exact) mass is 400 g/mol. The van der Waals surface area contributed by atoms with Crippen molar-refractivity contribution in [2.75, 3.05) is 4.31 Å². The highest BCUT2D eigenvalue weighted by atomic mass is 35.6. The minimum atomic E-state index is -1.63. The van der Waals surface area contributed by atoms with Gasteiger partial charge in [0, 0.05) is 35.5 Å². The van der Waals surface area contributed by atoms with E-state index in [0.717, 1.165) is 34.7 Å². The lowest BCUT2D eigenvalue weighted by Gasteiger charge is -2.21. The van der Waals surface area contributed by atoms with E-state index in [1.54, 1.807) is 18.2 Å². The molecule has 0 saturated heterocycles. The van der Waals surface area contributed by atoms with Gasteiger partial charge in [0.15, 0.2) is 0 Å². The summed E-state index contributed by atoms with van der Waals surface area (Å²) in [4.78, 5) is 11.7. The zero-order chi connectivity index (χ0) is 15.6. The number of nitrogens with zero attached hydrogens (tertiary/aromatic N) is 2. The van der Waals surface area contributed by atoms with Crippen LogP contribution in [0.3, 0.4) is 0 Å². The van der Waals surface area contributed by atoms with Crippen LogP contribution in [0.5, 0.6) is 0 Å². The fourth-order valence-electron chi connectivity index (χ4n) is 1.49. The molecule has 2 rings (SSSR count). The SMILES string of the molecule is CC(=O)N(SC(Cl)(Cl)Cl)c1cc(-c2ccc(Cl)cc2)ns1. The third kappa shape index (κ3) is 4.91. The Balaban J connectivity index is 2.28. The van der Waals surface area contributed by atoms with Crippen molar-refractivity contribution in [1.82, 2.24) is 4.37 Å². The number of benzene rings is 1. The van der Waals surface area contributed by atoms with Crippen molar-refractivity contribution in [2.45, 2.75) is 10.0 Å². The number of hydrogen-bond donors (Lipinski definition) is 0. The minimum Gasteiger partial charge on any atom is -0.274 e. The third-order valence-electron chi connectivity index (χ3n) is 2.32. The average molecular weight is 402 g/mol. The van der Waals surface area contributed by atoms with E-state index >= 15 is 0 Å². The van der Waals surface area contributed by atoms with Crippen LogP contribution in [0.1, 0.15) is 6.92 Å². The quantitative estimate of drug-likeness (QED) is 0.481. The van der Waals surface area contributed by atoms with Crippen molar-refractivity contribution >= 4 is 80.8 Å². The summed E-state index contributed by atoms with van der Waals surface area (Å²) in [5.41, 5.74) is 1.62. The molecular weight excluding hydrogens is 394 g/mol. The Hall–Kier alpha value is -0.170. The first kappa shape index (κ1) is 17.2. The molecule has 2 aromatic rings. The summed E-state index contributed by atoms with van der Waals surface area (Å²) in [5, 5.41) is 1.23. The second kappa shape index (κ2) is 6.94. The number of carbonyl (C=O) groups excluding carboxylic acids is 1. The molecule has 0 aliphatic carbocycles. The Morgan fingerprint density at radius 2 is 1.90 bits per heavy atom. The van der Waals surface area contributed by atoms with Gasteiger partial charge in [-0.1, -0.05) is 58.5 Å². The van der Waals surface area contributed by atoms with Gasteiger partial charge in [-0.3, -0.25) is 4.79 Å². The van der Waals surface area contributed by atoms with Gasteiger partial charge in [0.1, 0.15) is 5.00 Å². The van der Waals surface area contributed by atoms with Crippen molar-refractivity contribution < 1.29 is 4.79 Å². The van der Waals surface area contributed by atoms with Crippen molar-refractivity contribution in [3.63, 3.8) is 0 Å². The van der Waals surface area contributed by atoms with E-state index in [4.69, 9.17) is 46.4 Å². The van der Waals surface area contributed by atoms with Gasteiger partial charge < -0.3 is 0 Å². The summed E-state index contributed by atoms with van der Waals surface area (Å²) in [5.74, 6) is -0.252. The van der Waals surface area contributed by atoms with Gasteiger partial charge in [-0.2, -0.15) is 4.37 Å². The Morgan fingerprint density at radius 1 is 1.29 bits per heavy atom. The van der Waals surface area contributed by atoms with Gasteiger partial charge in [0.2, 0.25) is 5.91 Å². The molecule has 0 fully saturated rings. The highest BCUT2D eigenvalue weighted by molar-refractivity contribution is 8.06. The molecule has 3 nitrogen and oxygen atoms in total. The summed E-state index contributed by atoms with van der Waals surface area (Å²) in [7, 11) is 0. The number of halogens is 4. The normalized spacial score (nSPS) is 11.5. The lowest BCUT2D eigenvalue weighted by molar-refractivity contribution is -0.115. The predicted molar refractivity (Wildman–Crippen MR) is 93.6 cm³/mol. The van der Waals surface area contributed by atoms with E-state index in [-0.39, 0.29) is 5.91 Å². The number of anilines is 1. The van der Waals surface area contributed by atoms with Crippen molar-refractivity contribution in [1.29, 1.82) is 0 Å². The molecule has 1 aromatic heterocycles. The molecule has 112 valence electrons. The average Bonchev–Trinajstić information content (AvgIpc) is 2.85. The molecule has 1 amide bonds. The van der Waals surface area contributed by atoms with E-state index < -0.39 is 3.12 Å². The molecule has 0 bridgehead atoms. The third-order valence-corrected chi connectivity index (χ3v) is 4.93. The van der Waals surface area contributed by atoms with Crippen LogP contribution in [-0.4, -0.2) is 13.4 Å². The van der Waals surface area contributed by atoms with Crippen molar-refractivity contribution in [2.24, 2.45) is 0 Å². The first-order valence-corrected chi connectivity index (χ1v) is 8.61. The highest BCUT2D eigenvalue weighted by Crippen LogP contribution is 2.44. The van der Waals surface area contributed by atoms with Gasteiger partial charge in [-0.05, 0) is 23.7 Å². The van der Waals surface area contributed by atoms with Gasteiger partial charge in [-0.25, -0.2) is 4.31 Å². The Labute approximate surface area is 150 Å². The first-order valence-electron chi connectivity index (χ1n) is 5.55. The fourth-order valence-corrected chi connectivity index (χ4v) is 3.64. The standard InChI is InChI=1S/C12H8Cl4N2OS2/c1-7(19)18(21-12(14,15)16)11-6-10(17-20-11)8-2-4-9(13)5-3-8/h2-6H,1H3. The van der Waals surface area contributed by atoms with E-state index in [9.17, 15) is 4.79 Å². The van der Waals surface area contributed by atoms with Crippen LogP contribution >= 0.6 is 69.9 Å². The van der Waals surface area contributed by atoms with Gasteiger partial charge >= 0.3 is 0 Å². The van der Waals surface area contributed by atoms with Crippen LogP contribution in [0.4, 0.5) is 5.00 Å². The van der Waals surface area contributed by atoms with Crippen LogP contribution in [0.15, 0.2) is 30.3 Å². The minimum absolute atomic E-state index is 0.252. The molecule has 9 heteroatoms. The Morgan fingerprint density at radius 3 is 2.43 bits per heavy atom. The number of amides is 1. The van der Waals surface area contributed by atoms with Crippen LogP contribution < -0.4 is 4.31 Å². The molecule has 1 aromatic carbocycles. The molecule has 0 aliphatic rings. The van der Waals surface area contributed by atoms with Crippen molar-refractivity contribution in [3.8, 4) is 11.3 Å². The maximum Gasteiger partial charge on any atom is 0.256 e. The molecule has 1 heterocycles. The highest BCUT2D eigenvalue weighted by Gasteiger charge is 2.29.